The SMILES string of the molecule is CC(Nc1ccc(F)c(Cl)c1)C(C)(C)C. The molecule has 0 bridgehead atoms. The number of hydrogen-bond acceptors (Lipinski definition) is 1. The zero-order valence-electron chi connectivity index (χ0n) is 9.57. The molecule has 1 rings (SSSR count). The van der Waals surface area contributed by atoms with Gasteiger partial charge in [0.1, 0.15) is 5.82 Å². The van der Waals surface area contributed by atoms with Crippen molar-refractivity contribution in [3.8, 4) is 0 Å². The molecule has 3 heteroatoms. The molecule has 0 radical (unpaired) electrons. The lowest BCUT2D eigenvalue weighted by molar-refractivity contribution is 0.359. The first-order valence-corrected chi connectivity index (χ1v) is 5.40. The summed E-state index contributed by atoms with van der Waals surface area (Å²) in [6, 6.07) is 4.97. The highest BCUT2D eigenvalue weighted by molar-refractivity contribution is 6.31. The Morgan fingerprint density at radius 1 is 1.33 bits per heavy atom. The standard InChI is InChI=1S/C12H17ClFN/c1-8(12(2,3)4)15-9-5-6-11(14)10(13)7-9/h5-8,15H,1-4H3. The van der Waals surface area contributed by atoms with Crippen molar-refractivity contribution in [2.24, 2.45) is 5.41 Å². The van der Waals surface area contributed by atoms with Gasteiger partial charge in [0, 0.05) is 11.7 Å². The zero-order valence-corrected chi connectivity index (χ0v) is 10.3. The maximum Gasteiger partial charge on any atom is 0.141 e. The van der Waals surface area contributed by atoms with E-state index in [2.05, 4.69) is 33.0 Å². The molecule has 1 unspecified atom stereocenters. The van der Waals surface area contributed by atoms with E-state index in [0.29, 0.717) is 6.04 Å². The number of halogens is 2. The normalized spacial score (nSPS) is 13.7. The maximum absolute atomic E-state index is 12.9. The van der Waals surface area contributed by atoms with Crippen molar-refractivity contribution in [1.29, 1.82) is 0 Å². The molecule has 0 fully saturated rings. The average molecular weight is 230 g/mol. The highest BCUT2D eigenvalue weighted by Gasteiger charge is 2.19. The number of hydrogen-bond donors (Lipinski definition) is 1. The van der Waals surface area contributed by atoms with Crippen LogP contribution >= 0.6 is 11.6 Å². The van der Waals surface area contributed by atoms with Crippen molar-refractivity contribution < 1.29 is 4.39 Å². The van der Waals surface area contributed by atoms with Crippen LogP contribution in [0.15, 0.2) is 18.2 Å². The first kappa shape index (κ1) is 12.3. The summed E-state index contributed by atoms with van der Waals surface area (Å²) in [4.78, 5) is 0. The van der Waals surface area contributed by atoms with Crippen LogP contribution in [0.2, 0.25) is 5.02 Å². The molecule has 0 aromatic heterocycles. The Balaban J connectivity index is 2.78. The smallest absolute Gasteiger partial charge is 0.141 e. The van der Waals surface area contributed by atoms with E-state index in [1.54, 1.807) is 12.1 Å². The fourth-order valence-electron chi connectivity index (χ4n) is 1.05. The fraction of sp³-hybridized carbons (Fsp3) is 0.500. The molecular formula is C12H17ClFN. The molecular weight excluding hydrogens is 213 g/mol. The van der Waals surface area contributed by atoms with E-state index in [4.69, 9.17) is 11.6 Å². The second kappa shape index (κ2) is 4.40. The predicted octanol–water partition coefficient (Wildman–Crippen LogP) is 4.33. The van der Waals surface area contributed by atoms with E-state index in [9.17, 15) is 4.39 Å². The Bertz CT molecular complexity index is 344. The van der Waals surface area contributed by atoms with Gasteiger partial charge in [0.2, 0.25) is 0 Å². The van der Waals surface area contributed by atoms with Crippen LogP contribution in [0, 0.1) is 11.2 Å². The highest BCUT2D eigenvalue weighted by Crippen LogP contribution is 2.25. The van der Waals surface area contributed by atoms with Crippen molar-refractivity contribution in [3.05, 3.63) is 29.0 Å². The molecule has 0 saturated carbocycles. The van der Waals surface area contributed by atoms with Crippen molar-refractivity contribution in [1.82, 2.24) is 0 Å². The Morgan fingerprint density at radius 2 is 1.93 bits per heavy atom. The Kier molecular flexibility index (Phi) is 3.61. The van der Waals surface area contributed by atoms with Gasteiger partial charge in [-0.3, -0.25) is 0 Å². The van der Waals surface area contributed by atoms with Gasteiger partial charge >= 0.3 is 0 Å². The number of anilines is 1. The summed E-state index contributed by atoms with van der Waals surface area (Å²) < 4.78 is 12.9. The highest BCUT2D eigenvalue weighted by atomic mass is 35.5. The van der Waals surface area contributed by atoms with Gasteiger partial charge in [-0.15, -0.1) is 0 Å². The second-order valence-electron chi connectivity index (χ2n) is 4.86. The Hall–Kier alpha value is -0.760. The van der Waals surface area contributed by atoms with Crippen molar-refractivity contribution in [2.75, 3.05) is 5.32 Å². The Morgan fingerprint density at radius 3 is 2.40 bits per heavy atom. The van der Waals surface area contributed by atoms with Gasteiger partial charge < -0.3 is 5.32 Å². The molecule has 0 amide bonds. The summed E-state index contributed by atoms with van der Waals surface area (Å²) in [7, 11) is 0. The minimum Gasteiger partial charge on any atom is -0.382 e. The van der Waals surface area contributed by atoms with Gasteiger partial charge in [0.05, 0.1) is 5.02 Å². The maximum atomic E-state index is 12.9. The summed E-state index contributed by atoms with van der Waals surface area (Å²) in [5.41, 5.74) is 1.00. The monoisotopic (exact) mass is 229 g/mol. The summed E-state index contributed by atoms with van der Waals surface area (Å²) in [6.07, 6.45) is 0. The molecule has 0 aliphatic carbocycles. The van der Waals surface area contributed by atoms with Crippen LogP contribution in [0.3, 0.4) is 0 Å². The summed E-state index contributed by atoms with van der Waals surface area (Å²) in [6.45, 7) is 8.54. The van der Waals surface area contributed by atoms with Gasteiger partial charge in [0.25, 0.3) is 0 Å². The van der Waals surface area contributed by atoms with E-state index >= 15 is 0 Å². The lowest BCUT2D eigenvalue weighted by Gasteiger charge is -2.29. The van der Waals surface area contributed by atoms with Crippen LogP contribution in [0.25, 0.3) is 0 Å². The Labute approximate surface area is 95.6 Å². The van der Waals surface area contributed by atoms with Crippen LogP contribution in [-0.2, 0) is 0 Å². The van der Waals surface area contributed by atoms with E-state index in [1.807, 2.05) is 0 Å². The van der Waals surface area contributed by atoms with Crippen LogP contribution in [0.5, 0.6) is 0 Å². The average Bonchev–Trinajstić information content (AvgIpc) is 2.10. The first-order chi connectivity index (χ1) is 6.80. The molecule has 0 aliphatic rings. The predicted molar refractivity (Wildman–Crippen MR) is 63.9 cm³/mol. The van der Waals surface area contributed by atoms with E-state index in [0.717, 1.165) is 5.69 Å². The summed E-state index contributed by atoms with van der Waals surface area (Å²) in [5.74, 6) is -0.384. The molecule has 84 valence electrons. The second-order valence-corrected chi connectivity index (χ2v) is 5.27. The van der Waals surface area contributed by atoms with Crippen LogP contribution < -0.4 is 5.32 Å². The molecule has 1 aromatic rings. The van der Waals surface area contributed by atoms with Gasteiger partial charge in [-0.25, -0.2) is 4.39 Å². The van der Waals surface area contributed by atoms with E-state index in [1.165, 1.54) is 6.07 Å². The van der Waals surface area contributed by atoms with Gasteiger partial charge in [0.15, 0.2) is 0 Å². The van der Waals surface area contributed by atoms with Crippen LogP contribution in [0.4, 0.5) is 10.1 Å². The molecule has 0 heterocycles. The third kappa shape index (κ3) is 3.38. The van der Waals surface area contributed by atoms with Gasteiger partial charge in [-0.05, 0) is 30.5 Å². The lowest BCUT2D eigenvalue weighted by atomic mass is 9.88. The van der Waals surface area contributed by atoms with Crippen molar-refractivity contribution in [2.45, 2.75) is 33.7 Å². The molecule has 1 aromatic carbocycles. The molecule has 0 saturated heterocycles. The van der Waals surface area contributed by atoms with Crippen molar-refractivity contribution >= 4 is 17.3 Å². The fourth-order valence-corrected chi connectivity index (χ4v) is 1.23. The third-order valence-electron chi connectivity index (χ3n) is 2.60. The summed E-state index contributed by atoms with van der Waals surface area (Å²) >= 11 is 5.70. The molecule has 1 nitrogen and oxygen atoms in total. The first-order valence-electron chi connectivity index (χ1n) is 5.02. The molecule has 0 spiro atoms. The quantitative estimate of drug-likeness (QED) is 0.796. The van der Waals surface area contributed by atoms with E-state index < -0.39 is 0 Å². The molecule has 15 heavy (non-hydrogen) atoms. The number of benzene rings is 1. The summed E-state index contributed by atoms with van der Waals surface area (Å²) in [5, 5.41) is 3.45. The van der Waals surface area contributed by atoms with E-state index in [-0.39, 0.29) is 16.3 Å². The number of nitrogens with one attached hydrogen (secondary N) is 1. The minimum atomic E-state index is -0.384. The minimum absolute atomic E-state index is 0.154. The van der Waals surface area contributed by atoms with Gasteiger partial charge in [-0.2, -0.15) is 0 Å². The largest absolute Gasteiger partial charge is 0.382 e. The van der Waals surface area contributed by atoms with Crippen LogP contribution in [0.1, 0.15) is 27.7 Å². The van der Waals surface area contributed by atoms with Gasteiger partial charge in [-0.1, -0.05) is 32.4 Å². The van der Waals surface area contributed by atoms with Crippen LogP contribution in [-0.4, -0.2) is 6.04 Å². The molecule has 0 aliphatic heterocycles. The molecule has 1 N–H and O–H groups in total. The third-order valence-corrected chi connectivity index (χ3v) is 2.89. The molecule has 1 atom stereocenters. The zero-order chi connectivity index (χ0) is 11.6. The topological polar surface area (TPSA) is 12.0 Å². The lowest BCUT2D eigenvalue weighted by Crippen LogP contribution is -2.30. The number of rotatable bonds is 2. The van der Waals surface area contributed by atoms with Crippen molar-refractivity contribution in [3.63, 3.8) is 0 Å².